The van der Waals surface area contributed by atoms with Crippen molar-refractivity contribution < 1.29 is 19.8 Å². The van der Waals surface area contributed by atoms with Crippen molar-refractivity contribution in [3.05, 3.63) is 33.3 Å². The maximum atomic E-state index is 11.8. The van der Waals surface area contributed by atoms with E-state index in [9.17, 15) is 19.8 Å². The summed E-state index contributed by atoms with van der Waals surface area (Å²) in [7, 11) is 0. The lowest BCUT2D eigenvalue weighted by Crippen LogP contribution is -2.18. The molecule has 0 amide bonds. The highest BCUT2D eigenvalue weighted by molar-refractivity contribution is 9.12. The van der Waals surface area contributed by atoms with E-state index in [1.54, 1.807) is 0 Å². The van der Waals surface area contributed by atoms with E-state index >= 15 is 0 Å². The van der Waals surface area contributed by atoms with Crippen LogP contribution in [-0.4, -0.2) is 21.8 Å². The molecule has 82 valence electrons. The molecule has 0 heterocycles. The molecular weight excluding hydrogens is 276 g/mol. The van der Waals surface area contributed by atoms with Gasteiger partial charge in [-0.05, 0) is 35.0 Å². The number of allylic oxidation sites excluding steroid dienone is 2. The number of halogens is 1. The van der Waals surface area contributed by atoms with Crippen molar-refractivity contribution in [1.82, 2.24) is 0 Å². The molecule has 1 aromatic rings. The van der Waals surface area contributed by atoms with Gasteiger partial charge in [-0.2, -0.15) is 0 Å². The van der Waals surface area contributed by atoms with Gasteiger partial charge in [0.05, 0.1) is 15.6 Å². The molecule has 0 aromatic heterocycles. The van der Waals surface area contributed by atoms with Crippen LogP contribution in [0.25, 0.3) is 0 Å². The third-order valence-electron chi connectivity index (χ3n) is 2.48. The Labute approximate surface area is 99.3 Å². The summed E-state index contributed by atoms with van der Waals surface area (Å²) in [5.74, 6) is -1.57. The smallest absolute Gasteiger partial charge is 0.204 e. The highest BCUT2D eigenvalue weighted by Gasteiger charge is 2.33. The lowest BCUT2D eigenvalue weighted by atomic mass is 9.89. The summed E-state index contributed by atoms with van der Waals surface area (Å²) in [5.41, 5.74) is -0.0634. The predicted molar refractivity (Wildman–Crippen MR) is 60.1 cm³/mol. The number of hydrogen-bond acceptors (Lipinski definition) is 4. The second-order valence-electron chi connectivity index (χ2n) is 3.45. The van der Waals surface area contributed by atoms with E-state index in [1.807, 2.05) is 0 Å². The lowest BCUT2D eigenvalue weighted by Gasteiger charge is -2.17. The van der Waals surface area contributed by atoms with Gasteiger partial charge in [0.15, 0.2) is 5.78 Å². The van der Waals surface area contributed by atoms with Crippen LogP contribution >= 0.6 is 15.9 Å². The number of phenolic OH excluding ortho intramolecular Hbond substituents is 2. The summed E-state index contributed by atoms with van der Waals surface area (Å²) in [6.07, 6.45) is 0. The van der Waals surface area contributed by atoms with Gasteiger partial charge in [-0.25, -0.2) is 0 Å². The zero-order valence-electron chi connectivity index (χ0n) is 8.24. The first kappa shape index (κ1) is 10.9. The fourth-order valence-electron chi connectivity index (χ4n) is 1.61. The van der Waals surface area contributed by atoms with Gasteiger partial charge in [-0.1, -0.05) is 0 Å². The van der Waals surface area contributed by atoms with Crippen LogP contribution in [0.15, 0.2) is 22.2 Å². The van der Waals surface area contributed by atoms with Gasteiger partial charge in [-0.3, -0.25) is 9.59 Å². The van der Waals surface area contributed by atoms with Crippen LogP contribution in [0.5, 0.6) is 11.5 Å². The molecule has 0 bridgehead atoms. The van der Waals surface area contributed by atoms with Gasteiger partial charge < -0.3 is 10.2 Å². The quantitative estimate of drug-likeness (QED) is 0.715. The molecule has 16 heavy (non-hydrogen) atoms. The molecule has 1 aliphatic rings. The summed E-state index contributed by atoms with van der Waals surface area (Å²) in [6.45, 7) is 1.48. The second-order valence-corrected chi connectivity index (χ2v) is 4.24. The number of aromatic hydroxyl groups is 2. The van der Waals surface area contributed by atoms with Crippen molar-refractivity contribution >= 4 is 27.5 Å². The van der Waals surface area contributed by atoms with E-state index < -0.39 is 11.6 Å². The lowest BCUT2D eigenvalue weighted by molar-refractivity contribution is 0.0977. The van der Waals surface area contributed by atoms with Gasteiger partial charge in [-0.15, -0.1) is 0 Å². The zero-order valence-corrected chi connectivity index (χ0v) is 9.83. The molecule has 5 heteroatoms. The summed E-state index contributed by atoms with van der Waals surface area (Å²) in [6, 6.07) is 2.37. The number of Topliss-reactive ketones (excluding diaryl/α,β-unsaturated/α-hetero) is 2. The van der Waals surface area contributed by atoms with Crippen molar-refractivity contribution in [3.8, 4) is 11.5 Å². The van der Waals surface area contributed by atoms with Crippen LogP contribution in [0.1, 0.15) is 27.6 Å². The number of carbonyl (C=O) groups is 2. The Hall–Kier alpha value is -1.62. The number of rotatable bonds is 0. The molecule has 4 nitrogen and oxygen atoms in total. The van der Waals surface area contributed by atoms with E-state index in [2.05, 4.69) is 15.9 Å². The Morgan fingerprint density at radius 2 is 1.44 bits per heavy atom. The molecule has 0 unspecified atom stereocenters. The first-order valence-corrected chi connectivity index (χ1v) is 5.25. The average molecular weight is 283 g/mol. The average Bonchev–Trinajstić information content (AvgIpc) is 2.26. The highest BCUT2D eigenvalue weighted by Crippen LogP contribution is 2.38. The van der Waals surface area contributed by atoms with Crippen molar-refractivity contribution in [1.29, 1.82) is 0 Å². The van der Waals surface area contributed by atoms with Crippen LogP contribution < -0.4 is 0 Å². The van der Waals surface area contributed by atoms with E-state index in [0.717, 1.165) is 0 Å². The molecule has 2 rings (SSSR count). The van der Waals surface area contributed by atoms with Crippen molar-refractivity contribution in [2.75, 3.05) is 0 Å². The van der Waals surface area contributed by atoms with Gasteiger partial charge in [0.1, 0.15) is 11.5 Å². The molecular formula is C11H7BrO4. The van der Waals surface area contributed by atoms with Crippen LogP contribution in [0.4, 0.5) is 0 Å². The van der Waals surface area contributed by atoms with Crippen molar-refractivity contribution in [2.45, 2.75) is 6.92 Å². The SMILES string of the molecule is CC1=C(Br)C(=O)c2c(O)ccc(O)c2C1=O. The molecule has 2 N–H and O–H groups in total. The molecule has 1 aromatic carbocycles. The number of hydrogen-bond donors (Lipinski definition) is 2. The fraction of sp³-hybridized carbons (Fsp3) is 0.0909. The molecule has 0 radical (unpaired) electrons. The summed E-state index contributed by atoms with van der Waals surface area (Å²) in [5, 5.41) is 19.1. The third kappa shape index (κ3) is 1.28. The maximum Gasteiger partial charge on any atom is 0.204 e. The first-order valence-electron chi connectivity index (χ1n) is 4.46. The van der Waals surface area contributed by atoms with E-state index in [4.69, 9.17) is 0 Å². The van der Waals surface area contributed by atoms with Gasteiger partial charge >= 0.3 is 0 Å². The third-order valence-corrected chi connectivity index (χ3v) is 3.44. The van der Waals surface area contributed by atoms with Crippen LogP contribution in [0, 0.1) is 0 Å². The minimum Gasteiger partial charge on any atom is -0.507 e. The molecule has 0 saturated heterocycles. The monoisotopic (exact) mass is 282 g/mol. The first-order chi connectivity index (χ1) is 7.45. The minimum absolute atomic E-state index is 0.117. The largest absolute Gasteiger partial charge is 0.507 e. The molecule has 0 fully saturated rings. The molecule has 1 aliphatic carbocycles. The number of benzene rings is 1. The van der Waals surface area contributed by atoms with E-state index in [-0.39, 0.29) is 32.7 Å². The van der Waals surface area contributed by atoms with Crippen LogP contribution in [0.2, 0.25) is 0 Å². The Morgan fingerprint density at radius 3 is 1.94 bits per heavy atom. The Kier molecular flexibility index (Phi) is 2.35. The van der Waals surface area contributed by atoms with Gasteiger partial charge in [0, 0.05) is 5.57 Å². The second kappa shape index (κ2) is 3.45. The predicted octanol–water partition coefficient (Wildman–Crippen LogP) is 2.15. The van der Waals surface area contributed by atoms with E-state index in [0.29, 0.717) is 0 Å². The standard InChI is InChI=1S/C11H7BrO4/c1-4-9(12)11(16)8-6(14)3-2-5(13)7(8)10(4)15/h2-3,13-14H,1H3. The molecule has 0 spiro atoms. The highest BCUT2D eigenvalue weighted by atomic mass is 79.9. The number of phenols is 2. The summed E-state index contributed by atoms with van der Waals surface area (Å²) < 4.78 is 0.117. The van der Waals surface area contributed by atoms with E-state index in [1.165, 1.54) is 19.1 Å². The van der Waals surface area contributed by atoms with Gasteiger partial charge in [0.2, 0.25) is 5.78 Å². The molecule has 0 atom stereocenters. The Balaban J connectivity index is 2.86. The number of ketones is 2. The van der Waals surface area contributed by atoms with Crippen LogP contribution in [0.3, 0.4) is 0 Å². The minimum atomic E-state index is -0.500. The van der Waals surface area contributed by atoms with Crippen molar-refractivity contribution in [3.63, 3.8) is 0 Å². The van der Waals surface area contributed by atoms with Crippen LogP contribution in [-0.2, 0) is 0 Å². The topological polar surface area (TPSA) is 74.6 Å². The molecule has 0 aliphatic heterocycles. The fourth-order valence-corrected chi connectivity index (χ4v) is 1.99. The Morgan fingerprint density at radius 1 is 1.00 bits per heavy atom. The number of fused-ring (bicyclic) bond motifs is 1. The zero-order chi connectivity index (χ0) is 12.0. The normalized spacial score (nSPS) is 15.4. The summed E-state index contributed by atoms with van der Waals surface area (Å²) in [4.78, 5) is 23.7. The molecule has 0 saturated carbocycles. The summed E-state index contributed by atoms with van der Waals surface area (Å²) >= 11 is 3.00. The Bertz CT molecular complexity index is 508. The van der Waals surface area contributed by atoms with Crippen molar-refractivity contribution in [2.24, 2.45) is 0 Å². The number of carbonyl (C=O) groups excluding carboxylic acids is 2. The maximum absolute atomic E-state index is 11.8. The van der Waals surface area contributed by atoms with Gasteiger partial charge in [0.25, 0.3) is 0 Å².